The van der Waals surface area contributed by atoms with E-state index in [0.717, 1.165) is 51.8 Å². The van der Waals surface area contributed by atoms with Gasteiger partial charge in [0.05, 0.1) is 18.9 Å². The van der Waals surface area contributed by atoms with E-state index in [1.54, 1.807) is 0 Å². The predicted molar refractivity (Wildman–Crippen MR) is 65.1 cm³/mol. The highest BCUT2D eigenvalue weighted by Gasteiger charge is 2.19. The van der Waals surface area contributed by atoms with Crippen LogP contribution in [-0.2, 0) is 17.7 Å². The van der Waals surface area contributed by atoms with E-state index < -0.39 is 0 Å². The van der Waals surface area contributed by atoms with Crippen LogP contribution in [0.4, 0.5) is 5.95 Å². The molecule has 92 valence electrons. The number of anilines is 1. The smallest absolute Gasteiger partial charge is 0.225 e. The number of nitrogens with zero attached hydrogens (tertiary/aromatic N) is 4. The van der Waals surface area contributed by atoms with Crippen molar-refractivity contribution in [2.24, 2.45) is 0 Å². The molecule has 0 spiro atoms. The van der Waals surface area contributed by atoms with Gasteiger partial charge in [0, 0.05) is 32.4 Å². The molecule has 0 atom stereocenters. The molecule has 1 aromatic rings. The van der Waals surface area contributed by atoms with Crippen molar-refractivity contribution < 1.29 is 4.74 Å². The van der Waals surface area contributed by atoms with Gasteiger partial charge in [-0.25, -0.2) is 9.97 Å². The van der Waals surface area contributed by atoms with Gasteiger partial charge in [-0.1, -0.05) is 0 Å². The molecule has 0 radical (unpaired) electrons. The summed E-state index contributed by atoms with van der Waals surface area (Å²) in [5.41, 5.74) is 2.50. The molecule has 3 rings (SSSR count). The molecular formula is C12H18N4O. The second-order valence-corrected chi connectivity index (χ2v) is 4.73. The van der Waals surface area contributed by atoms with Gasteiger partial charge >= 0.3 is 0 Å². The fraction of sp³-hybridized carbons (Fsp3) is 0.667. The molecule has 0 N–H and O–H groups in total. The Kier molecular flexibility index (Phi) is 2.94. The molecule has 17 heavy (non-hydrogen) atoms. The Bertz CT molecular complexity index is 403. The summed E-state index contributed by atoms with van der Waals surface area (Å²) in [6, 6.07) is 0. The van der Waals surface area contributed by atoms with E-state index in [4.69, 9.17) is 9.72 Å². The van der Waals surface area contributed by atoms with E-state index in [2.05, 4.69) is 21.8 Å². The fourth-order valence-electron chi connectivity index (χ4n) is 2.34. The van der Waals surface area contributed by atoms with Crippen LogP contribution in [0.25, 0.3) is 0 Å². The predicted octanol–water partition coefficient (Wildman–Crippen LogP) is 0.301. The molecule has 5 nitrogen and oxygen atoms in total. The van der Waals surface area contributed by atoms with E-state index in [-0.39, 0.29) is 0 Å². The Hall–Kier alpha value is -1.20. The zero-order valence-corrected chi connectivity index (χ0v) is 10.2. The molecule has 3 heterocycles. The molecule has 2 aliphatic heterocycles. The van der Waals surface area contributed by atoms with Crippen molar-refractivity contribution in [2.45, 2.75) is 13.0 Å². The van der Waals surface area contributed by atoms with Crippen LogP contribution in [0.5, 0.6) is 0 Å². The Balaban J connectivity index is 1.84. The number of rotatable bonds is 1. The Morgan fingerprint density at radius 3 is 2.88 bits per heavy atom. The summed E-state index contributed by atoms with van der Waals surface area (Å²) in [5.74, 6) is 0.863. The van der Waals surface area contributed by atoms with Crippen LogP contribution in [0.3, 0.4) is 0 Å². The molecule has 2 aliphatic rings. The highest BCUT2D eigenvalue weighted by atomic mass is 16.5. The molecule has 0 amide bonds. The van der Waals surface area contributed by atoms with Gasteiger partial charge < -0.3 is 14.5 Å². The maximum absolute atomic E-state index is 5.35. The first-order chi connectivity index (χ1) is 8.33. The van der Waals surface area contributed by atoms with Gasteiger partial charge in [-0.2, -0.15) is 0 Å². The minimum Gasteiger partial charge on any atom is -0.378 e. The van der Waals surface area contributed by atoms with Gasteiger partial charge in [0.25, 0.3) is 0 Å². The van der Waals surface area contributed by atoms with Crippen LogP contribution in [-0.4, -0.2) is 54.8 Å². The van der Waals surface area contributed by atoms with Crippen molar-refractivity contribution >= 4 is 5.95 Å². The average molecular weight is 234 g/mol. The first kappa shape index (κ1) is 10.9. The highest BCUT2D eigenvalue weighted by molar-refractivity contribution is 5.34. The molecule has 1 fully saturated rings. The lowest BCUT2D eigenvalue weighted by Crippen LogP contribution is -2.38. The number of likely N-dealkylation sites (N-methyl/N-ethyl adjacent to an activating group) is 1. The highest BCUT2D eigenvalue weighted by Crippen LogP contribution is 2.18. The van der Waals surface area contributed by atoms with Gasteiger partial charge in [-0.3, -0.25) is 0 Å². The Morgan fingerprint density at radius 1 is 1.24 bits per heavy atom. The zero-order valence-electron chi connectivity index (χ0n) is 10.2. The molecule has 0 bridgehead atoms. The summed E-state index contributed by atoms with van der Waals surface area (Å²) >= 11 is 0. The maximum atomic E-state index is 5.35. The minimum absolute atomic E-state index is 0.778. The largest absolute Gasteiger partial charge is 0.378 e. The molecular weight excluding hydrogens is 216 g/mol. The van der Waals surface area contributed by atoms with Crippen molar-refractivity contribution in [1.29, 1.82) is 0 Å². The fourth-order valence-corrected chi connectivity index (χ4v) is 2.34. The molecule has 1 aromatic heterocycles. The molecule has 0 aliphatic carbocycles. The van der Waals surface area contributed by atoms with E-state index in [1.807, 2.05) is 6.20 Å². The van der Waals surface area contributed by atoms with Crippen LogP contribution in [0, 0.1) is 0 Å². The third-order valence-corrected chi connectivity index (χ3v) is 3.42. The summed E-state index contributed by atoms with van der Waals surface area (Å²) in [4.78, 5) is 13.7. The van der Waals surface area contributed by atoms with Crippen LogP contribution in [0.2, 0.25) is 0 Å². The lowest BCUT2D eigenvalue weighted by Gasteiger charge is -2.29. The van der Waals surface area contributed by atoms with Gasteiger partial charge in [-0.15, -0.1) is 0 Å². The van der Waals surface area contributed by atoms with Crippen LogP contribution in [0.15, 0.2) is 6.20 Å². The van der Waals surface area contributed by atoms with Crippen LogP contribution in [0.1, 0.15) is 11.3 Å². The molecule has 0 saturated carbocycles. The first-order valence-corrected chi connectivity index (χ1v) is 6.19. The van der Waals surface area contributed by atoms with Gasteiger partial charge in [0.2, 0.25) is 5.95 Å². The summed E-state index contributed by atoms with van der Waals surface area (Å²) in [7, 11) is 2.14. The second-order valence-electron chi connectivity index (χ2n) is 4.73. The van der Waals surface area contributed by atoms with E-state index in [1.165, 1.54) is 11.3 Å². The number of hydrogen-bond donors (Lipinski definition) is 0. The van der Waals surface area contributed by atoms with E-state index in [9.17, 15) is 0 Å². The normalized spacial score (nSPS) is 21.4. The second kappa shape index (κ2) is 4.58. The van der Waals surface area contributed by atoms with Crippen molar-refractivity contribution in [1.82, 2.24) is 14.9 Å². The van der Waals surface area contributed by atoms with Crippen molar-refractivity contribution in [3.63, 3.8) is 0 Å². The zero-order chi connectivity index (χ0) is 11.7. The van der Waals surface area contributed by atoms with Crippen molar-refractivity contribution in [2.75, 3.05) is 44.8 Å². The minimum atomic E-state index is 0.778. The van der Waals surface area contributed by atoms with Crippen LogP contribution < -0.4 is 4.90 Å². The molecule has 0 aromatic carbocycles. The number of morpholine rings is 1. The molecule has 5 heteroatoms. The van der Waals surface area contributed by atoms with Gasteiger partial charge in [0.1, 0.15) is 0 Å². The van der Waals surface area contributed by atoms with Gasteiger partial charge in [0.15, 0.2) is 0 Å². The Morgan fingerprint density at radius 2 is 2.06 bits per heavy atom. The molecule has 1 saturated heterocycles. The van der Waals surface area contributed by atoms with Crippen molar-refractivity contribution in [3.05, 3.63) is 17.5 Å². The number of ether oxygens (including phenoxy) is 1. The van der Waals surface area contributed by atoms with E-state index in [0.29, 0.717) is 0 Å². The quantitative estimate of drug-likeness (QED) is 0.699. The number of hydrogen-bond acceptors (Lipinski definition) is 5. The SMILES string of the molecule is CN1CCc2cnc(N3CCOCC3)nc2C1. The third-order valence-electron chi connectivity index (χ3n) is 3.42. The lowest BCUT2D eigenvalue weighted by atomic mass is 10.1. The Labute approximate surface area is 101 Å². The lowest BCUT2D eigenvalue weighted by molar-refractivity contribution is 0.122. The first-order valence-electron chi connectivity index (χ1n) is 6.19. The summed E-state index contributed by atoms with van der Waals surface area (Å²) in [5, 5.41) is 0. The average Bonchev–Trinajstić information content (AvgIpc) is 2.39. The standard InChI is InChI=1S/C12H18N4O/c1-15-3-2-10-8-13-12(14-11(10)9-15)16-4-6-17-7-5-16/h8H,2-7,9H2,1H3. The topological polar surface area (TPSA) is 41.5 Å². The van der Waals surface area contributed by atoms with E-state index >= 15 is 0 Å². The molecule has 0 unspecified atom stereocenters. The summed E-state index contributed by atoms with van der Waals surface area (Å²) in [6.07, 6.45) is 3.06. The summed E-state index contributed by atoms with van der Waals surface area (Å²) in [6.45, 7) is 5.40. The maximum Gasteiger partial charge on any atom is 0.225 e. The number of aromatic nitrogens is 2. The number of fused-ring (bicyclic) bond motifs is 1. The summed E-state index contributed by atoms with van der Waals surface area (Å²) < 4.78 is 5.35. The third kappa shape index (κ3) is 2.25. The van der Waals surface area contributed by atoms with Gasteiger partial charge in [-0.05, 0) is 19.0 Å². The van der Waals surface area contributed by atoms with Crippen molar-refractivity contribution in [3.8, 4) is 0 Å². The van der Waals surface area contributed by atoms with Crippen LogP contribution >= 0.6 is 0 Å². The monoisotopic (exact) mass is 234 g/mol.